The van der Waals surface area contributed by atoms with Gasteiger partial charge in [0.15, 0.2) is 0 Å². The number of nitrogens with zero attached hydrogens (tertiary/aromatic N) is 2. The van der Waals surface area contributed by atoms with Gasteiger partial charge >= 0.3 is 0 Å². The molecule has 5 heteroatoms. The van der Waals surface area contributed by atoms with Gasteiger partial charge in [-0.05, 0) is 66.1 Å². The molecule has 4 aliphatic heterocycles. The van der Waals surface area contributed by atoms with E-state index in [1.807, 2.05) is 36.5 Å². The predicted molar refractivity (Wildman–Crippen MR) is 101 cm³/mol. The van der Waals surface area contributed by atoms with Crippen LogP contribution in [-0.2, 0) is 0 Å². The molecule has 0 saturated carbocycles. The zero-order valence-electron chi connectivity index (χ0n) is 12.7. The highest BCUT2D eigenvalue weighted by Crippen LogP contribution is 2.25. The molecule has 1 unspecified atom stereocenters. The standard InChI is InChI=1S/C19H14N4S/c1-2-13-8-15-5-6-17(22-15)10-19-23-18(11-24-19)9-16-4-3-14(21-16)7-12(1)20-13/h1-11,19,21,23H. The van der Waals surface area contributed by atoms with Gasteiger partial charge < -0.3 is 10.3 Å². The van der Waals surface area contributed by atoms with Gasteiger partial charge in [0.2, 0.25) is 0 Å². The Hall–Kier alpha value is -2.79. The van der Waals surface area contributed by atoms with Crippen LogP contribution in [0.1, 0.15) is 0 Å². The SMILES string of the molecule is C1=CC2=NC1=CC1NC(=CS1)C=c1ccc([nH]1)=CC1=NC(=C2)C=C1. The lowest BCUT2D eigenvalue weighted by atomic mass is 10.3. The lowest BCUT2D eigenvalue weighted by molar-refractivity contribution is 0.908. The fourth-order valence-corrected chi connectivity index (χ4v) is 3.74. The van der Waals surface area contributed by atoms with Crippen LogP contribution in [0.15, 0.2) is 81.1 Å². The molecular weight excluding hydrogens is 316 g/mol. The van der Waals surface area contributed by atoms with E-state index < -0.39 is 0 Å². The monoisotopic (exact) mass is 330 g/mol. The summed E-state index contributed by atoms with van der Waals surface area (Å²) in [6.07, 6.45) is 16.4. The molecule has 0 aromatic carbocycles. The zero-order valence-corrected chi connectivity index (χ0v) is 13.5. The Morgan fingerprint density at radius 2 is 1.58 bits per heavy atom. The number of rotatable bonds is 0. The van der Waals surface area contributed by atoms with Gasteiger partial charge in [-0.25, -0.2) is 9.98 Å². The molecule has 0 aliphatic carbocycles. The Morgan fingerprint density at radius 3 is 2.50 bits per heavy atom. The molecule has 1 atom stereocenters. The van der Waals surface area contributed by atoms with Crippen molar-refractivity contribution in [1.29, 1.82) is 0 Å². The van der Waals surface area contributed by atoms with Crippen LogP contribution in [0.25, 0.3) is 12.2 Å². The summed E-state index contributed by atoms with van der Waals surface area (Å²) in [5, 5.41) is 7.95. The van der Waals surface area contributed by atoms with Gasteiger partial charge in [0.05, 0.1) is 28.2 Å². The van der Waals surface area contributed by atoms with Crippen molar-refractivity contribution in [3.8, 4) is 0 Å². The Balaban J connectivity index is 1.65. The molecule has 8 bridgehead atoms. The lowest BCUT2D eigenvalue weighted by Crippen LogP contribution is -2.19. The first-order chi connectivity index (χ1) is 11.8. The highest BCUT2D eigenvalue weighted by atomic mass is 32.2. The van der Waals surface area contributed by atoms with Gasteiger partial charge in [-0.1, -0.05) is 0 Å². The van der Waals surface area contributed by atoms with Crippen LogP contribution < -0.4 is 16.0 Å². The lowest BCUT2D eigenvalue weighted by Gasteiger charge is -2.06. The smallest absolute Gasteiger partial charge is 0.0974 e. The quantitative estimate of drug-likeness (QED) is 0.763. The second-order valence-corrected chi connectivity index (χ2v) is 6.85. The van der Waals surface area contributed by atoms with Gasteiger partial charge in [-0.3, -0.25) is 0 Å². The largest absolute Gasteiger partial charge is 0.369 e. The molecule has 24 heavy (non-hydrogen) atoms. The van der Waals surface area contributed by atoms with Crippen LogP contribution in [-0.4, -0.2) is 21.8 Å². The first kappa shape index (κ1) is 13.6. The zero-order chi connectivity index (χ0) is 15.9. The van der Waals surface area contributed by atoms with Gasteiger partial charge in [-0.2, -0.15) is 0 Å². The second kappa shape index (κ2) is 5.39. The fourth-order valence-electron chi connectivity index (χ4n) is 2.89. The first-order valence-electron chi connectivity index (χ1n) is 7.78. The minimum absolute atomic E-state index is 0.205. The molecular formula is C19H14N4S. The molecule has 0 radical (unpaired) electrons. The van der Waals surface area contributed by atoms with Crippen LogP contribution in [0.2, 0.25) is 0 Å². The van der Waals surface area contributed by atoms with Gasteiger partial charge in [-0.15, -0.1) is 11.8 Å². The molecule has 0 spiro atoms. The third kappa shape index (κ3) is 2.63. The van der Waals surface area contributed by atoms with Crippen molar-refractivity contribution in [3.63, 3.8) is 0 Å². The number of aliphatic imine (C=N–C) groups is 2. The third-order valence-electron chi connectivity index (χ3n) is 3.98. The van der Waals surface area contributed by atoms with E-state index in [1.165, 1.54) is 0 Å². The average molecular weight is 330 g/mol. The Labute approximate surface area is 143 Å². The Bertz CT molecular complexity index is 1060. The molecule has 0 amide bonds. The summed E-state index contributed by atoms with van der Waals surface area (Å²) in [5.74, 6) is 0. The Kier molecular flexibility index (Phi) is 3.06. The highest BCUT2D eigenvalue weighted by molar-refractivity contribution is 8.03. The van der Waals surface area contributed by atoms with Crippen LogP contribution in [0.5, 0.6) is 0 Å². The van der Waals surface area contributed by atoms with E-state index in [4.69, 9.17) is 0 Å². The second-order valence-electron chi connectivity index (χ2n) is 5.83. The van der Waals surface area contributed by atoms with E-state index in [2.05, 4.69) is 50.0 Å². The van der Waals surface area contributed by atoms with Crippen LogP contribution in [0.3, 0.4) is 0 Å². The number of allylic oxidation sites excluding steroid dienone is 6. The highest BCUT2D eigenvalue weighted by Gasteiger charge is 2.15. The number of aromatic amines is 1. The van der Waals surface area contributed by atoms with Crippen molar-refractivity contribution < 1.29 is 0 Å². The number of hydrogen-bond donors (Lipinski definition) is 2. The first-order valence-corrected chi connectivity index (χ1v) is 8.72. The summed E-state index contributed by atoms with van der Waals surface area (Å²) in [7, 11) is 0. The van der Waals surface area contributed by atoms with Crippen LogP contribution in [0.4, 0.5) is 0 Å². The molecule has 116 valence electrons. The van der Waals surface area contributed by atoms with E-state index in [0.29, 0.717) is 0 Å². The normalized spacial score (nSPS) is 23.5. The van der Waals surface area contributed by atoms with Crippen LogP contribution >= 0.6 is 11.8 Å². The van der Waals surface area contributed by atoms with Crippen molar-refractivity contribution in [2.75, 3.05) is 0 Å². The third-order valence-corrected chi connectivity index (χ3v) is 4.92. The number of fused-ring (bicyclic) bond motifs is 6. The number of thioether (sulfide) groups is 1. The molecule has 2 N–H and O–H groups in total. The molecule has 1 aromatic heterocycles. The maximum Gasteiger partial charge on any atom is 0.0974 e. The molecule has 5 heterocycles. The topological polar surface area (TPSA) is 52.5 Å². The summed E-state index contributed by atoms with van der Waals surface area (Å²) >= 11 is 1.75. The van der Waals surface area contributed by atoms with E-state index in [0.717, 1.165) is 39.2 Å². The number of aromatic nitrogens is 1. The van der Waals surface area contributed by atoms with Crippen molar-refractivity contribution in [1.82, 2.24) is 10.3 Å². The molecule has 1 aromatic rings. The number of nitrogens with one attached hydrogen (secondary N) is 2. The van der Waals surface area contributed by atoms with Gasteiger partial charge in [0.1, 0.15) is 0 Å². The van der Waals surface area contributed by atoms with Crippen molar-refractivity contribution in [2.24, 2.45) is 9.98 Å². The summed E-state index contributed by atoms with van der Waals surface area (Å²) < 4.78 is 0. The summed E-state index contributed by atoms with van der Waals surface area (Å²) in [5.41, 5.74) is 4.88. The van der Waals surface area contributed by atoms with Gasteiger partial charge in [0, 0.05) is 16.4 Å². The molecule has 0 fully saturated rings. The molecule has 5 rings (SSSR count). The van der Waals surface area contributed by atoms with Crippen molar-refractivity contribution >= 4 is 35.3 Å². The van der Waals surface area contributed by atoms with Gasteiger partial charge in [0.25, 0.3) is 0 Å². The predicted octanol–water partition coefficient (Wildman–Crippen LogP) is 1.88. The maximum absolute atomic E-state index is 4.65. The fraction of sp³-hybridized carbons (Fsp3) is 0.0526. The summed E-state index contributed by atoms with van der Waals surface area (Å²) in [4.78, 5) is 12.7. The number of hydrogen-bond acceptors (Lipinski definition) is 4. The van der Waals surface area contributed by atoms with E-state index >= 15 is 0 Å². The van der Waals surface area contributed by atoms with E-state index in [-0.39, 0.29) is 5.37 Å². The van der Waals surface area contributed by atoms with Crippen molar-refractivity contribution in [3.05, 3.63) is 81.8 Å². The number of H-pyrrole nitrogens is 1. The Morgan fingerprint density at radius 1 is 0.833 bits per heavy atom. The minimum atomic E-state index is 0.205. The summed E-state index contributed by atoms with van der Waals surface area (Å²) in [6.45, 7) is 0. The molecule has 4 nitrogen and oxygen atoms in total. The van der Waals surface area contributed by atoms with E-state index in [9.17, 15) is 0 Å². The van der Waals surface area contributed by atoms with Crippen LogP contribution in [0, 0.1) is 0 Å². The summed E-state index contributed by atoms with van der Waals surface area (Å²) in [6, 6.07) is 4.15. The van der Waals surface area contributed by atoms with E-state index in [1.54, 1.807) is 11.8 Å². The maximum atomic E-state index is 4.65. The average Bonchev–Trinajstić information content (AvgIpc) is 3.32. The molecule has 4 aliphatic rings. The minimum Gasteiger partial charge on any atom is -0.369 e. The van der Waals surface area contributed by atoms with Crippen molar-refractivity contribution in [2.45, 2.75) is 5.37 Å². The molecule has 0 saturated heterocycles.